The molecule has 0 radical (unpaired) electrons. The highest BCUT2D eigenvalue weighted by Gasteiger charge is 2.02. The fourth-order valence-corrected chi connectivity index (χ4v) is 1.34. The second-order valence-corrected chi connectivity index (χ2v) is 3.15. The quantitative estimate of drug-likeness (QED) is 0.629. The third-order valence-electron chi connectivity index (χ3n) is 2.09. The summed E-state index contributed by atoms with van der Waals surface area (Å²) in [5.41, 5.74) is 0.762. The monoisotopic (exact) mass is 165 g/mol. The molecule has 0 aliphatic rings. The minimum Gasteiger partial charge on any atom is -0.351 e. The van der Waals surface area contributed by atoms with E-state index in [1.165, 1.54) is 6.42 Å². The summed E-state index contributed by atoms with van der Waals surface area (Å²) in [6.07, 6.45) is 7.08. The predicted molar refractivity (Wildman–Crippen MR) is 49.4 cm³/mol. The summed E-state index contributed by atoms with van der Waals surface area (Å²) in [7, 11) is 0. The average molecular weight is 165 g/mol. The van der Waals surface area contributed by atoms with Gasteiger partial charge in [0.25, 0.3) is 0 Å². The van der Waals surface area contributed by atoms with Gasteiger partial charge in [0, 0.05) is 24.0 Å². The Morgan fingerprint density at radius 2 is 2.42 bits per heavy atom. The highest BCUT2D eigenvalue weighted by molar-refractivity contribution is 5.74. The first-order valence-electron chi connectivity index (χ1n) is 4.40. The van der Waals surface area contributed by atoms with Gasteiger partial charge in [-0.05, 0) is 19.4 Å². The zero-order chi connectivity index (χ0) is 8.97. The smallest absolute Gasteiger partial charge is 0.151 e. The predicted octanol–water partition coefficient (Wildman–Crippen LogP) is 2.66. The first-order valence-corrected chi connectivity index (χ1v) is 4.40. The number of aromatic nitrogens is 1. The summed E-state index contributed by atoms with van der Waals surface area (Å²) >= 11 is 0. The summed E-state index contributed by atoms with van der Waals surface area (Å²) in [6.45, 7) is 4.33. The summed E-state index contributed by atoms with van der Waals surface area (Å²) in [5, 5.41) is 0. The first-order chi connectivity index (χ1) is 5.77. The Hall–Kier alpha value is -1.05. The molecular weight excluding hydrogens is 150 g/mol. The Morgan fingerprint density at radius 1 is 1.67 bits per heavy atom. The molecule has 2 nitrogen and oxygen atoms in total. The molecule has 12 heavy (non-hydrogen) atoms. The maximum Gasteiger partial charge on any atom is 0.151 e. The molecule has 1 atom stereocenters. The highest BCUT2D eigenvalue weighted by Crippen LogP contribution is 2.13. The molecule has 1 rings (SSSR count). The lowest BCUT2D eigenvalue weighted by atomic mass is 10.2. The maximum atomic E-state index is 10.4. The summed E-state index contributed by atoms with van der Waals surface area (Å²) in [6, 6.07) is 2.35. The van der Waals surface area contributed by atoms with Crippen LogP contribution in [0, 0.1) is 0 Å². The number of carbonyl (C=O) groups excluding carboxylic acids is 1. The molecule has 1 unspecified atom stereocenters. The van der Waals surface area contributed by atoms with Gasteiger partial charge in [0.2, 0.25) is 0 Å². The van der Waals surface area contributed by atoms with Gasteiger partial charge in [-0.1, -0.05) is 13.3 Å². The lowest BCUT2D eigenvalue weighted by Crippen LogP contribution is -2.01. The second kappa shape index (κ2) is 4.10. The van der Waals surface area contributed by atoms with Crippen LogP contribution in [0.5, 0.6) is 0 Å². The molecule has 0 aromatic carbocycles. The molecule has 1 aromatic rings. The van der Waals surface area contributed by atoms with E-state index in [1.54, 1.807) is 0 Å². The minimum absolute atomic E-state index is 0.503. The topological polar surface area (TPSA) is 22.0 Å². The lowest BCUT2D eigenvalue weighted by Gasteiger charge is -2.11. The number of hydrogen-bond acceptors (Lipinski definition) is 1. The Labute approximate surface area is 73.2 Å². The van der Waals surface area contributed by atoms with Crippen molar-refractivity contribution >= 4 is 6.29 Å². The number of hydrogen-bond donors (Lipinski definition) is 0. The van der Waals surface area contributed by atoms with Crippen LogP contribution in [-0.2, 0) is 0 Å². The Morgan fingerprint density at radius 3 is 2.92 bits per heavy atom. The van der Waals surface area contributed by atoms with E-state index in [0.717, 1.165) is 18.3 Å². The van der Waals surface area contributed by atoms with Gasteiger partial charge in [-0.2, -0.15) is 0 Å². The van der Waals surface area contributed by atoms with Crippen LogP contribution in [0.15, 0.2) is 18.5 Å². The van der Waals surface area contributed by atoms with Crippen molar-refractivity contribution in [3.8, 4) is 0 Å². The molecule has 0 amide bonds. The van der Waals surface area contributed by atoms with Gasteiger partial charge in [-0.25, -0.2) is 0 Å². The van der Waals surface area contributed by atoms with E-state index in [-0.39, 0.29) is 0 Å². The molecule has 1 heterocycles. The maximum absolute atomic E-state index is 10.4. The summed E-state index contributed by atoms with van der Waals surface area (Å²) in [5.74, 6) is 0. The van der Waals surface area contributed by atoms with Gasteiger partial charge in [-0.15, -0.1) is 0 Å². The van der Waals surface area contributed by atoms with Gasteiger partial charge in [-0.3, -0.25) is 4.79 Å². The standard InChI is InChI=1S/C10H15NO/c1-3-4-9(2)11-6-5-10(7-11)8-12/h5-9H,3-4H2,1-2H3. The molecule has 1 aromatic heterocycles. The molecule has 0 fully saturated rings. The van der Waals surface area contributed by atoms with Crippen LogP contribution >= 0.6 is 0 Å². The van der Waals surface area contributed by atoms with E-state index in [2.05, 4.69) is 18.4 Å². The van der Waals surface area contributed by atoms with Gasteiger partial charge in [0.05, 0.1) is 0 Å². The number of nitrogens with zero attached hydrogens (tertiary/aromatic N) is 1. The van der Waals surface area contributed by atoms with E-state index in [4.69, 9.17) is 0 Å². The molecule has 0 bridgehead atoms. The first kappa shape index (κ1) is 9.04. The van der Waals surface area contributed by atoms with Crippen LogP contribution in [0.3, 0.4) is 0 Å². The van der Waals surface area contributed by atoms with Crippen molar-refractivity contribution in [3.63, 3.8) is 0 Å². The highest BCUT2D eigenvalue weighted by atomic mass is 16.1. The van der Waals surface area contributed by atoms with Gasteiger partial charge in [0.1, 0.15) is 0 Å². The third-order valence-corrected chi connectivity index (χ3v) is 2.09. The Bertz CT molecular complexity index is 252. The summed E-state index contributed by atoms with van der Waals surface area (Å²) < 4.78 is 2.09. The van der Waals surface area contributed by atoms with Crippen molar-refractivity contribution in [1.29, 1.82) is 0 Å². The van der Waals surface area contributed by atoms with Crippen molar-refractivity contribution in [2.75, 3.05) is 0 Å². The van der Waals surface area contributed by atoms with Crippen LogP contribution in [-0.4, -0.2) is 10.9 Å². The average Bonchev–Trinajstić information content (AvgIpc) is 2.52. The summed E-state index contributed by atoms with van der Waals surface area (Å²) in [4.78, 5) is 10.4. The number of aldehydes is 1. The van der Waals surface area contributed by atoms with Gasteiger partial charge >= 0.3 is 0 Å². The molecule has 0 spiro atoms. The zero-order valence-electron chi connectivity index (χ0n) is 7.66. The van der Waals surface area contributed by atoms with Crippen LogP contribution in [0.25, 0.3) is 0 Å². The normalized spacial score (nSPS) is 12.8. The lowest BCUT2D eigenvalue weighted by molar-refractivity contribution is 0.112. The number of rotatable bonds is 4. The van der Waals surface area contributed by atoms with Crippen molar-refractivity contribution in [1.82, 2.24) is 4.57 Å². The van der Waals surface area contributed by atoms with Crippen molar-refractivity contribution < 1.29 is 4.79 Å². The van der Waals surface area contributed by atoms with E-state index >= 15 is 0 Å². The van der Waals surface area contributed by atoms with E-state index in [1.807, 2.05) is 18.5 Å². The molecule has 0 N–H and O–H groups in total. The Balaban J connectivity index is 2.67. The SMILES string of the molecule is CCCC(C)n1ccc(C=O)c1. The third kappa shape index (κ3) is 1.97. The van der Waals surface area contributed by atoms with Gasteiger partial charge < -0.3 is 4.57 Å². The van der Waals surface area contributed by atoms with E-state index < -0.39 is 0 Å². The largest absolute Gasteiger partial charge is 0.351 e. The van der Waals surface area contributed by atoms with E-state index in [9.17, 15) is 4.79 Å². The van der Waals surface area contributed by atoms with Crippen LogP contribution in [0.4, 0.5) is 0 Å². The van der Waals surface area contributed by atoms with Crippen molar-refractivity contribution in [2.24, 2.45) is 0 Å². The van der Waals surface area contributed by atoms with Crippen LogP contribution in [0.2, 0.25) is 0 Å². The van der Waals surface area contributed by atoms with E-state index in [0.29, 0.717) is 6.04 Å². The van der Waals surface area contributed by atoms with Crippen LogP contribution in [0.1, 0.15) is 43.1 Å². The minimum atomic E-state index is 0.503. The molecular formula is C10H15NO. The zero-order valence-corrected chi connectivity index (χ0v) is 7.66. The molecule has 2 heteroatoms. The van der Waals surface area contributed by atoms with Crippen molar-refractivity contribution in [2.45, 2.75) is 32.7 Å². The fraction of sp³-hybridized carbons (Fsp3) is 0.500. The molecule has 0 aliphatic heterocycles. The molecule has 0 aliphatic carbocycles. The Kier molecular flexibility index (Phi) is 3.09. The van der Waals surface area contributed by atoms with Gasteiger partial charge in [0.15, 0.2) is 6.29 Å². The van der Waals surface area contributed by atoms with Crippen molar-refractivity contribution in [3.05, 3.63) is 24.0 Å². The number of carbonyl (C=O) groups is 1. The molecule has 66 valence electrons. The fourth-order valence-electron chi connectivity index (χ4n) is 1.34. The second-order valence-electron chi connectivity index (χ2n) is 3.15. The molecule has 0 saturated heterocycles. The molecule has 0 saturated carbocycles. The van der Waals surface area contributed by atoms with Crippen LogP contribution < -0.4 is 0 Å².